The summed E-state index contributed by atoms with van der Waals surface area (Å²) in [5, 5.41) is 0. The largest absolute Gasteiger partial charge is 0.339 e. The fourth-order valence-corrected chi connectivity index (χ4v) is 9.02. The molecule has 6 rings (SSSR count). The Morgan fingerprint density at radius 2 is 1.76 bits per heavy atom. The Balaban J connectivity index is 1.38. The molecule has 1 aliphatic heterocycles. The van der Waals surface area contributed by atoms with Crippen molar-refractivity contribution < 1.29 is 19.1 Å². The van der Waals surface area contributed by atoms with Gasteiger partial charge in [-0.25, -0.2) is 0 Å². The van der Waals surface area contributed by atoms with Crippen LogP contribution in [0.3, 0.4) is 0 Å². The first-order chi connectivity index (χ1) is 15.6. The summed E-state index contributed by atoms with van der Waals surface area (Å²) < 4.78 is 13.6. The Hall–Kier alpha value is -1.78. The summed E-state index contributed by atoms with van der Waals surface area (Å²) in [5.74, 6) is 1.04. The molecule has 1 aromatic carbocycles. The maximum atomic E-state index is 13.5. The SMILES string of the molecule is CC(=O)[C@@]12OC(C)(c3ccccc3)O[C@@H]1C[C@H]1[C@@H]3CCC4=CC(=O)CC[C@]4(C)[C@H]3CC[C@@]12C. The topological polar surface area (TPSA) is 52.6 Å². The Bertz CT molecular complexity index is 1040. The molecule has 0 amide bonds. The van der Waals surface area contributed by atoms with Crippen LogP contribution in [0.15, 0.2) is 42.0 Å². The van der Waals surface area contributed by atoms with Crippen molar-refractivity contribution in [2.45, 2.75) is 90.1 Å². The molecule has 1 saturated heterocycles. The summed E-state index contributed by atoms with van der Waals surface area (Å²) in [6, 6.07) is 10.1. The highest BCUT2D eigenvalue weighted by Gasteiger charge is 2.75. The molecule has 4 fully saturated rings. The van der Waals surface area contributed by atoms with Crippen LogP contribution in [0, 0.1) is 28.6 Å². The summed E-state index contributed by atoms with van der Waals surface area (Å²) in [6.07, 6.45) is 8.46. The van der Waals surface area contributed by atoms with Crippen LogP contribution < -0.4 is 0 Å². The second kappa shape index (κ2) is 6.88. The minimum Gasteiger partial charge on any atom is -0.339 e. The van der Waals surface area contributed by atoms with Crippen LogP contribution in [0.2, 0.25) is 0 Å². The van der Waals surface area contributed by atoms with Gasteiger partial charge in [0, 0.05) is 17.4 Å². The van der Waals surface area contributed by atoms with Gasteiger partial charge < -0.3 is 9.47 Å². The molecule has 4 aliphatic carbocycles. The molecule has 0 bridgehead atoms. The third-order valence-corrected chi connectivity index (χ3v) is 10.7. The van der Waals surface area contributed by atoms with E-state index in [4.69, 9.17) is 9.47 Å². The summed E-state index contributed by atoms with van der Waals surface area (Å²) in [4.78, 5) is 25.6. The Morgan fingerprint density at radius 3 is 2.48 bits per heavy atom. The van der Waals surface area contributed by atoms with E-state index >= 15 is 0 Å². The lowest BCUT2D eigenvalue weighted by Crippen LogP contribution is -2.59. The van der Waals surface area contributed by atoms with Crippen molar-refractivity contribution in [2.75, 3.05) is 0 Å². The van der Waals surface area contributed by atoms with E-state index in [-0.39, 0.29) is 22.7 Å². The molecule has 8 atom stereocenters. The van der Waals surface area contributed by atoms with E-state index in [1.54, 1.807) is 6.92 Å². The van der Waals surface area contributed by atoms with Gasteiger partial charge in [-0.2, -0.15) is 0 Å². The lowest BCUT2D eigenvalue weighted by atomic mass is 9.46. The normalized spacial score (nSPS) is 48.4. The lowest BCUT2D eigenvalue weighted by Gasteiger charge is -2.59. The maximum absolute atomic E-state index is 13.5. The van der Waals surface area contributed by atoms with Crippen LogP contribution in [0.5, 0.6) is 0 Å². The predicted octanol–water partition coefficient (Wildman–Crippen LogP) is 5.74. The average molecular weight is 449 g/mol. The maximum Gasteiger partial charge on any atom is 0.193 e. The lowest BCUT2D eigenvalue weighted by molar-refractivity contribution is -0.227. The van der Waals surface area contributed by atoms with Gasteiger partial charge in [-0.05, 0) is 81.6 Å². The number of hydrogen-bond acceptors (Lipinski definition) is 4. The summed E-state index contributed by atoms with van der Waals surface area (Å²) in [5.41, 5.74) is 1.35. The van der Waals surface area contributed by atoms with E-state index in [2.05, 4.69) is 13.8 Å². The van der Waals surface area contributed by atoms with Crippen molar-refractivity contribution in [1.82, 2.24) is 0 Å². The van der Waals surface area contributed by atoms with Gasteiger partial charge in [0.05, 0.1) is 6.10 Å². The number of Topliss-reactive ketones (excluding diaryl/α,β-unsaturated/α-hetero) is 1. The number of carbonyl (C=O) groups excluding carboxylic acids is 2. The smallest absolute Gasteiger partial charge is 0.193 e. The fourth-order valence-electron chi connectivity index (χ4n) is 9.02. The highest BCUT2D eigenvalue weighted by atomic mass is 16.8. The number of ketones is 2. The second-order valence-electron chi connectivity index (χ2n) is 12.0. The minimum atomic E-state index is -0.902. The molecule has 1 heterocycles. The number of carbonyl (C=O) groups is 2. The predicted molar refractivity (Wildman–Crippen MR) is 125 cm³/mol. The molecule has 1 aromatic rings. The second-order valence-corrected chi connectivity index (χ2v) is 12.0. The van der Waals surface area contributed by atoms with E-state index in [1.807, 2.05) is 43.3 Å². The molecule has 176 valence electrons. The molecule has 3 saturated carbocycles. The monoisotopic (exact) mass is 448 g/mol. The number of allylic oxidation sites excluding steroid dienone is 1. The van der Waals surface area contributed by atoms with Crippen molar-refractivity contribution in [3.05, 3.63) is 47.5 Å². The van der Waals surface area contributed by atoms with Crippen molar-refractivity contribution in [1.29, 1.82) is 0 Å². The van der Waals surface area contributed by atoms with Crippen LogP contribution in [0.25, 0.3) is 0 Å². The van der Waals surface area contributed by atoms with Crippen LogP contribution in [0.4, 0.5) is 0 Å². The summed E-state index contributed by atoms with van der Waals surface area (Å²) >= 11 is 0. The van der Waals surface area contributed by atoms with Gasteiger partial charge in [0.2, 0.25) is 0 Å². The zero-order valence-electron chi connectivity index (χ0n) is 20.4. The molecular weight excluding hydrogens is 412 g/mol. The van der Waals surface area contributed by atoms with E-state index in [0.29, 0.717) is 30.0 Å². The molecule has 4 heteroatoms. The van der Waals surface area contributed by atoms with Crippen molar-refractivity contribution in [2.24, 2.45) is 28.6 Å². The van der Waals surface area contributed by atoms with Crippen LogP contribution >= 0.6 is 0 Å². The van der Waals surface area contributed by atoms with Gasteiger partial charge in [-0.1, -0.05) is 49.8 Å². The quantitative estimate of drug-likeness (QED) is 0.579. The van der Waals surface area contributed by atoms with Crippen LogP contribution in [0.1, 0.15) is 78.2 Å². The minimum absolute atomic E-state index is 0.112. The van der Waals surface area contributed by atoms with E-state index in [0.717, 1.165) is 44.1 Å². The molecule has 1 unspecified atom stereocenters. The third-order valence-electron chi connectivity index (χ3n) is 10.7. The van der Waals surface area contributed by atoms with Crippen LogP contribution in [-0.4, -0.2) is 23.3 Å². The first-order valence-corrected chi connectivity index (χ1v) is 12.8. The van der Waals surface area contributed by atoms with Gasteiger partial charge in [-0.15, -0.1) is 0 Å². The molecular formula is C29H36O4. The number of hydrogen-bond donors (Lipinski definition) is 0. The Labute approximate surface area is 197 Å². The summed E-state index contributed by atoms with van der Waals surface area (Å²) in [6.45, 7) is 8.41. The molecule has 0 aromatic heterocycles. The van der Waals surface area contributed by atoms with Crippen molar-refractivity contribution >= 4 is 11.6 Å². The third kappa shape index (κ3) is 2.65. The Morgan fingerprint density at radius 1 is 1.00 bits per heavy atom. The highest BCUT2D eigenvalue weighted by molar-refractivity contribution is 5.91. The van der Waals surface area contributed by atoms with E-state index in [1.165, 1.54) is 5.57 Å². The molecule has 0 N–H and O–H groups in total. The highest BCUT2D eigenvalue weighted by Crippen LogP contribution is 2.71. The van der Waals surface area contributed by atoms with Gasteiger partial charge in [-0.3, -0.25) is 9.59 Å². The van der Waals surface area contributed by atoms with Crippen molar-refractivity contribution in [3.8, 4) is 0 Å². The number of benzene rings is 1. The molecule has 5 aliphatic rings. The van der Waals surface area contributed by atoms with Gasteiger partial charge >= 0.3 is 0 Å². The van der Waals surface area contributed by atoms with Crippen LogP contribution in [-0.2, 0) is 24.8 Å². The molecule has 0 radical (unpaired) electrons. The standard InChI is InChI=1S/C29H36O4/c1-18(30)29-25(32-28(4,33-29)19-8-6-5-7-9-19)17-24-22-11-10-20-16-21(31)12-14-26(20,2)23(22)13-15-27(24,29)3/h5-9,16,22-25H,10-15,17H2,1-4H3/t22-,23+,24+,25-,26+,27+,28?,29-/m1/s1. The molecule has 0 spiro atoms. The zero-order chi connectivity index (χ0) is 23.2. The van der Waals surface area contributed by atoms with Gasteiger partial charge in [0.25, 0.3) is 0 Å². The Kier molecular flexibility index (Phi) is 4.53. The fraction of sp³-hybridized carbons (Fsp3) is 0.655. The number of rotatable bonds is 2. The number of fused-ring (bicyclic) bond motifs is 7. The first-order valence-electron chi connectivity index (χ1n) is 12.8. The van der Waals surface area contributed by atoms with Crippen molar-refractivity contribution in [3.63, 3.8) is 0 Å². The van der Waals surface area contributed by atoms with E-state index < -0.39 is 11.4 Å². The number of ether oxygens (including phenoxy) is 2. The summed E-state index contributed by atoms with van der Waals surface area (Å²) in [7, 11) is 0. The van der Waals surface area contributed by atoms with Gasteiger partial charge in [0.15, 0.2) is 23.0 Å². The van der Waals surface area contributed by atoms with Gasteiger partial charge in [0.1, 0.15) is 0 Å². The zero-order valence-corrected chi connectivity index (χ0v) is 20.4. The molecule has 33 heavy (non-hydrogen) atoms. The first kappa shape index (κ1) is 21.7. The molecule has 4 nitrogen and oxygen atoms in total. The average Bonchev–Trinajstić information content (AvgIpc) is 3.23. The van der Waals surface area contributed by atoms with E-state index in [9.17, 15) is 9.59 Å².